The van der Waals surface area contributed by atoms with Gasteiger partial charge in [0.2, 0.25) is 0 Å². The molecule has 0 radical (unpaired) electrons. The monoisotopic (exact) mass is 373 g/mol. The summed E-state index contributed by atoms with van der Waals surface area (Å²) in [5.74, 6) is -0.814. The maximum atomic E-state index is 12.2. The summed E-state index contributed by atoms with van der Waals surface area (Å²) in [5, 5.41) is 0. The van der Waals surface area contributed by atoms with E-state index in [1.165, 1.54) is 10.5 Å². The molecule has 1 amide bonds. The summed E-state index contributed by atoms with van der Waals surface area (Å²) in [6.45, 7) is 7.57. The van der Waals surface area contributed by atoms with Gasteiger partial charge in [-0.25, -0.2) is 0 Å². The SMILES string of the molecule is C=C1C(=O)N(c2ccccc2)CC1(C)CS(=O)(=O)O.Cc1ccccc1. The lowest BCUT2D eigenvalue weighted by atomic mass is 9.88. The van der Waals surface area contributed by atoms with E-state index in [2.05, 4.69) is 25.6 Å². The first kappa shape index (κ1) is 19.9. The number of hydrogen-bond acceptors (Lipinski definition) is 3. The van der Waals surface area contributed by atoms with Crippen molar-refractivity contribution in [1.82, 2.24) is 0 Å². The number of anilines is 1. The third-order valence-corrected chi connectivity index (χ3v) is 5.25. The van der Waals surface area contributed by atoms with E-state index in [-0.39, 0.29) is 18.0 Å². The third kappa shape index (κ3) is 5.03. The number of hydrogen-bond donors (Lipinski definition) is 1. The van der Waals surface area contributed by atoms with E-state index in [0.717, 1.165) is 0 Å². The quantitative estimate of drug-likeness (QED) is 0.660. The molecule has 1 unspecified atom stereocenters. The minimum absolute atomic E-state index is 0.189. The Kier molecular flexibility index (Phi) is 6.00. The highest BCUT2D eigenvalue weighted by molar-refractivity contribution is 7.85. The Labute approximate surface area is 154 Å². The Bertz CT molecular complexity index is 879. The lowest BCUT2D eigenvalue weighted by Crippen LogP contribution is -2.31. The molecule has 1 aliphatic heterocycles. The van der Waals surface area contributed by atoms with Gasteiger partial charge in [0.05, 0.1) is 5.75 Å². The number of aryl methyl sites for hydroxylation is 1. The van der Waals surface area contributed by atoms with Crippen LogP contribution in [0.15, 0.2) is 72.8 Å². The van der Waals surface area contributed by atoms with Crippen LogP contribution in [-0.2, 0) is 14.9 Å². The number of rotatable bonds is 3. The minimum Gasteiger partial charge on any atom is -0.308 e. The molecule has 2 aromatic carbocycles. The molecule has 1 aliphatic rings. The maximum absolute atomic E-state index is 12.2. The van der Waals surface area contributed by atoms with E-state index in [0.29, 0.717) is 5.69 Å². The lowest BCUT2D eigenvalue weighted by Gasteiger charge is -2.22. The zero-order chi connectivity index (χ0) is 19.4. The number of para-hydroxylation sites is 1. The fourth-order valence-electron chi connectivity index (χ4n) is 2.82. The average molecular weight is 373 g/mol. The van der Waals surface area contributed by atoms with Crippen LogP contribution in [0.4, 0.5) is 5.69 Å². The highest BCUT2D eigenvalue weighted by Gasteiger charge is 2.46. The molecular weight excluding hydrogens is 350 g/mol. The average Bonchev–Trinajstić information content (AvgIpc) is 2.79. The van der Waals surface area contributed by atoms with Gasteiger partial charge in [-0.3, -0.25) is 9.35 Å². The third-order valence-electron chi connectivity index (χ3n) is 4.25. The Hall–Kier alpha value is -2.44. The summed E-state index contributed by atoms with van der Waals surface area (Å²) < 4.78 is 31.2. The van der Waals surface area contributed by atoms with E-state index in [1.807, 2.05) is 24.3 Å². The normalized spacial score (nSPS) is 19.9. The van der Waals surface area contributed by atoms with Gasteiger partial charge in [-0.1, -0.05) is 67.6 Å². The van der Waals surface area contributed by atoms with Crippen molar-refractivity contribution in [3.8, 4) is 0 Å². The Morgan fingerprint density at radius 3 is 2.00 bits per heavy atom. The molecule has 0 aliphatic carbocycles. The zero-order valence-corrected chi connectivity index (χ0v) is 15.7. The summed E-state index contributed by atoms with van der Waals surface area (Å²) in [6.07, 6.45) is 0. The predicted molar refractivity (Wildman–Crippen MR) is 104 cm³/mol. The molecule has 2 aromatic rings. The predicted octanol–water partition coefficient (Wildman–Crippen LogP) is 3.48. The number of carbonyl (C=O) groups is 1. The lowest BCUT2D eigenvalue weighted by molar-refractivity contribution is -0.114. The second kappa shape index (κ2) is 7.85. The molecule has 1 N–H and O–H groups in total. The second-order valence-electron chi connectivity index (χ2n) is 6.65. The van der Waals surface area contributed by atoms with E-state index < -0.39 is 21.3 Å². The molecule has 0 spiro atoms. The first-order valence-electron chi connectivity index (χ1n) is 8.15. The van der Waals surface area contributed by atoms with Gasteiger partial charge in [0.15, 0.2) is 0 Å². The van der Waals surface area contributed by atoms with Crippen molar-refractivity contribution in [2.45, 2.75) is 13.8 Å². The van der Waals surface area contributed by atoms with Crippen LogP contribution >= 0.6 is 0 Å². The Morgan fingerprint density at radius 2 is 1.58 bits per heavy atom. The molecule has 3 rings (SSSR count). The van der Waals surface area contributed by atoms with Crippen molar-refractivity contribution in [3.63, 3.8) is 0 Å². The van der Waals surface area contributed by atoms with Gasteiger partial charge in [-0.05, 0) is 19.1 Å². The van der Waals surface area contributed by atoms with Crippen LogP contribution in [0.1, 0.15) is 12.5 Å². The molecule has 138 valence electrons. The first-order valence-corrected chi connectivity index (χ1v) is 9.76. The van der Waals surface area contributed by atoms with Gasteiger partial charge in [0, 0.05) is 23.2 Å². The van der Waals surface area contributed by atoms with Crippen LogP contribution < -0.4 is 4.90 Å². The molecule has 1 fully saturated rings. The van der Waals surface area contributed by atoms with E-state index in [9.17, 15) is 13.2 Å². The van der Waals surface area contributed by atoms with Gasteiger partial charge < -0.3 is 4.90 Å². The van der Waals surface area contributed by atoms with Crippen LogP contribution in [0.5, 0.6) is 0 Å². The van der Waals surface area contributed by atoms with Crippen molar-refractivity contribution in [3.05, 3.63) is 78.4 Å². The maximum Gasteiger partial charge on any atom is 0.265 e. The Balaban J connectivity index is 0.000000290. The summed E-state index contributed by atoms with van der Waals surface area (Å²) in [5.41, 5.74) is 1.24. The highest BCUT2D eigenvalue weighted by atomic mass is 32.2. The number of nitrogens with zero attached hydrogens (tertiary/aromatic N) is 1. The van der Waals surface area contributed by atoms with Crippen LogP contribution in [0.25, 0.3) is 0 Å². The fourth-order valence-corrected chi connectivity index (χ4v) is 3.89. The molecule has 0 bridgehead atoms. The highest BCUT2D eigenvalue weighted by Crippen LogP contribution is 2.38. The molecule has 1 saturated heterocycles. The van der Waals surface area contributed by atoms with Gasteiger partial charge in [0.1, 0.15) is 0 Å². The molecule has 1 atom stereocenters. The van der Waals surface area contributed by atoms with Crippen LogP contribution in [-0.4, -0.2) is 31.2 Å². The molecule has 1 heterocycles. The van der Waals surface area contributed by atoms with Crippen LogP contribution in [0, 0.1) is 12.3 Å². The van der Waals surface area contributed by atoms with Crippen molar-refractivity contribution >= 4 is 21.7 Å². The standard InChI is InChI=1S/C13H15NO4S.C7H8/c1-10-12(15)14(11-6-4-3-5-7-11)8-13(10,2)9-19(16,17)18;1-7-5-3-2-4-6-7/h3-7H,1,8-9H2,2H3,(H,16,17,18);2-6H,1H3. The summed E-state index contributed by atoms with van der Waals surface area (Å²) in [7, 11) is -4.17. The Morgan fingerprint density at radius 1 is 1.08 bits per heavy atom. The minimum atomic E-state index is -4.17. The topological polar surface area (TPSA) is 74.7 Å². The smallest absolute Gasteiger partial charge is 0.265 e. The number of benzene rings is 2. The van der Waals surface area contributed by atoms with E-state index in [1.54, 1.807) is 31.2 Å². The zero-order valence-electron chi connectivity index (χ0n) is 14.9. The van der Waals surface area contributed by atoms with Crippen molar-refractivity contribution < 1.29 is 17.8 Å². The molecule has 0 saturated carbocycles. The molecular formula is C20H23NO4S. The second-order valence-corrected chi connectivity index (χ2v) is 8.10. The largest absolute Gasteiger partial charge is 0.308 e. The van der Waals surface area contributed by atoms with Crippen LogP contribution in [0.3, 0.4) is 0 Å². The van der Waals surface area contributed by atoms with E-state index >= 15 is 0 Å². The van der Waals surface area contributed by atoms with Gasteiger partial charge >= 0.3 is 0 Å². The van der Waals surface area contributed by atoms with Crippen molar-refractivity contribution in [2.24, 2.45) is 5.41 Å². The summed E-state index contributed by atoms with van der Waals surface area (Å²) in [4.78, 5) is 13.6. The van der Waals surface area contributed by atoms with Crippen molar-refractivity contribution in [1.29, 1.82) is 0 Å². The fraction of sp³-hybridized carbons (Fsp3) is 0.250. The molecule has 26 heavy (non-hydrogen) atoms. The van der Waals surface area contributed by atoms with Crippen molar-refractivity contribution in [2.75, 3.05) is 17.2 Å². The van der Waals surface area contributed by atoms with Gasteiger partial charge in [-0.15, -0.1) is 0 Å². The molecule has 6 heteroatoms. The molecule has 0 aromatic heterocycles. The first-order chi connectivity index (χ1) is 12.1. The van der Waals surface area contributed by atoms with Gasteiger partial charge in [0.25, 0.3) is 16.0 Å². The van der Waals surface area contributed by atoms with E-state index in [4.69, 9.17) is 4.55 Å². The van der Waals surface area contributed by atoms with Crippen LogP contribution in [0.2, 0.25) is 0 Å². The van der Waals surface area contributed by atoms with Gasteiger partial charge in [-0.2, -0.15) is 8.42 Å². The molecule has 5 nitrogen and oxygen atoms in total. The summed E-state index contributed by atoms with van der Waals surface area (Å²) >= 11 is 0. The number of carbonyl (C=O) groups excluding carboxylic acids is 1. The number of amides is 1. The summed E-state index contributed by atoms with van der Waals surface area (Å²) in [6, 6.07) is 19.2.